The van der Waals surface area contributed by atoms with Crippen LogP contribution in [0.3, 0.4) is 0 Å². The van der Waals surface area contributed by atoms with E-state index in [-0.39, 0.29) is 55.0 Å². The lowest BCUT2D eigenvalue weighted by Gasteiger charge is -2.35. The highest BCUT2D eigenvalue weighted by molar-refractivity contribution is 7.91. The lowest BCUT2D eigenvalue weighted by atomic mass is 10.1. The highest BCUT2D eigenvalue weighted by atomic mass is 35.5. The molecule has 25 heavy (non-hydrogen) atoms. The second-order valence-corrected chi connectivity index (χ2v) is 9.13. The lowest BCUT2D eigenvalue weighted by Crippen LogP contribution is -2.51. The van der Waals surface area contributed by atoms with Gasteiger partial charge in [0.15, 0.2) is 9.84 Å². The lowest BCUT2D eigenvalue weighted by molar-refractivity contribution is -0.141. The zero-order valence-corrected chi connectivity index (χ0v) is 16.4. The molecule has 1 saturated carbocycles. The number of halogens is 1. The van der Waals surface area contributed by atoms with Crippen molar-refractivity contribution in [3.8, 4) is 0 Å². The average molecular weight is 397 g/mol. The fraction of sp³-hybridized carbons (Fsp3) is 0.875. The summed E-state index contributed by atoms with van der Waals surface area (Å²) < 4.78 is 23.7. The van der Waals surface area contributed by atoms with Crippen molar-refractivity contribution < 1.29 is 23.1 Å². The summed E-state index contributed by atoms with van der Waals surface area (Å²) in [5.74, 6) is -0.894. The molecule has 1 aliphatic heterocycles. The van der Waals surface area contributed by atoms with E-state index in [4.69, 9.17) is 5.11 Å². The molecule has 1 amide bonds. The van der Waals surface area contributed by atoms with E-state index in [2.05, 4.69) is 0 Å². The Kier molecular flexibility index (Phi) is 8.63. The van der Waals surface area contributed by atoms with Crippen LogP contribution in [0.2, 0.25) is 0 Å². The third-order valence-corrected chi connectivity index (χ3v) is 6.62. The minimum Gasteiger partial charge on any atom is -0.480 e. The number of hydrogen-bond donors (Lipinski definition) is 1. The van der Waals surface area contributed by atoms with Crippen LogP contribution < -0.4 is 0 Å². The summed E-state index contributed by atoms with van der Waals surface area (Å²) in [6.07, 6.45) is 5.20. The number of hydrogen-bond acceptors (Lipinski definition) is 5. The normalized spacial score (nSPS) is 22.7. The molecule has 2 aliphatic rings. The van der Waals surface area contributed by atoms with Gasteiger partial charge >= 0.3 is 5.97 Å². The summed E-state index contributed by atoms with van der Waals surface area (Å²) in [5.41, 5.74) is 0. The maximum absolute atomic E-state index is 12.9. The van der Waals surface area contributed by atoms with Crippen molar-refractivity contribution in [3.63, 3.8) is 0 Å². The highest BCUT2D eigenvalue weighted by Crippen LogP contribution is 2.29. The first kappa shape index (κ1) is 22.2. The number of carboxylic acid groups (broad SMARTS) is 1. The third kappa shape index (κ3) is 6.42. The van der Waals surface area contributed by atoms with Gasteiger partial charge in [-0.15, -0.1) is 12.4 Å². The van der Waals surface area contributed by atoms with Crippen molar-refractivity contribution >= 4 is 34.1 Å². The Bertz CT molecular complexity index is 563. The number of carbonyl (C=O) groups excluding carboxylic acids is 1. The van der Waals surface area contributed by atoms with Crippen LogP contribution in [0.25, 0.3) is 0 Å². The summed E-state index contributed by atoms with van der Waals surface area (Å²) in [4.78, 5) is 27.3. The maximum Gasteiger partial charge on any atom is 0.317 e. The predicted octanol–water partition coefficient (Wildman–Crippen LogP) is 1.16. The summed E-state index contributed by atoms with van der Waals surface area (Å²) in [7, 11) is -3.06. The zero-order chi connectivity index (χ0) is 17.7. The van der Waals surface area contributed by atoms with E-state index in [0.29, 0.717) is 13.0 Å². The molecule has 0 aromatic rings. The summed E-state index contributed by atoms with van der Waals surface area (Å²) in [6, 6.07) is -0.150. The van der Waals surface area contributed by atoms with Crippen molar-refractivity contribution in [2.45, 2.75) is 57.5 Å². The maximum atomic E-state index is 12.9. The predicted molar refractivity (Wildman–Crippen MR) is 97.8 cm³/mol. The Hall–Kier alpha value is -0.860. The molecule has 0 aromatic carbocycles. The largest absolute Gasteiger partial charge is 0.480 e. The van der Waals surface area contributed by atoms with E-state index in [0.717, 1.165) is 32.1 Å². The smallest absolute Gasteiger partial charge is 0.317 e. The van der Waals surface area contributed by atoms with Crippen LogP contribution in [0, 0.1) is 0 Å². The van der Waals surface area contributed by atoms with Crippen LogP contribution in [0.1, 0.15) is 45.4 Å². The van der Waals surface area contributed by atoms with E-state index in [9.17, 15) is 18.0 Å². The van der Waals surface area contributed by atoms with Gasteiger partial charge in [-0.3, -0.25) is 14.5 Å². The average Bonchev–Trinajstić information content (AvgIpc) is 3.09. The molecular formula is C16H29ClN2O5S. The molecular weight excluding hydrogens is 368 g/mol. The molecule has 7 nitrogen and oxygen atoms in total. The minimum atomic E-state index is -3.06. The number of aliphatic carboxylic acids is 1. The zero-order valence-electron chi connectivity index (χ0n) is 14.7. The van der Waals surface area contributed by atoms with Crippen LogP contribution >= 0.6 is 12.4 Å². The molecule has 0 radical (unpaired) electrons. The molecule has 0 aromatic heterocycles. The van der Waals surface area contributed by atoms with Crippen LogP contribution in [-0.4, -0.2) is 78.4 Å². The van der Waals surface area contributed by atoms with Crippen LogP contribution in [-0.2, 0) is 19.4 Å². The van der Waals surface area contributed by atoms with Gasteiger partial charge in [0.2, 0.25) is 5.91 Å². The summed E-state index contributed by atoms with van der Waals surface area (Å²) in [5, 5.41) is 9.01. The third-order valence-electron chi connectivity index (χ3n) is 4.87. The van der Waals surface area contributed by atoms with Crippen molar-refractivity contribution in [3.05, 3.63) is 0 Å². The SMILES string of the molecule is CCCN(CC(=O)O)CC(=O)N(C1CCCC1)C1CCS(=O)(=O)C1.Cl. The van der Waals surface area contributed by atoms with E-state index in [1.165, 1.54) is 0 Å². The van der Waals surface area contributed by atoms with E-state index >= 15 is 0 Å². The fourth-order valence-electron chi connectivity index (χ4n) is 3.88. The van der Waals surface area contributed by atoms with Crippen LogP contribution in [0.4, 0.5) is 0 Å². The molecule has 2 rings (SSSR count). The molecule has 0 spiro atoms. The Morgan fingerprint density at radius 2 is 1.72 bits per heavy atom. The Morgan fingerprint density at radius 1 is 1.08 bits per heavy atom. The Morgan fingerprint density at radius 3 is 2.20 bits per heavy atom. The molecule has 1 unspecified atom stereocenters. The van der Waals surface area contributed by atoms with Gasteiger partial charge in [0.25, 0.3) is 0 Å². The minimum absolute atomic E-state index is 0. The van der Waals surface area contributed by atoms with E-state index in [1.54, 1.807) is 9.80 Å². The Balaban J connectivity index is 0.00000312. The number of nitrogens with zero attached hydrogens (tertiary/aromatic N) is 2. The van der Waals surface area contributed by atoms with Gasteiger partial charge in [-0.1, -0.05) is 19.8 Å². The van der Waals surface area contributed by atoms with Gasteiger partial charge in [0, 0.05) is 12.1 Å². The van der Waals surface area contributed by atoms with Gasteiger partial charge in [-0.05, 0) is 32.2 Å². The molecule has 0 bridgehead atoms. The first-order chi connectivity index (χ1) is 11.3. The van der Waals surface area contributed by atoms with E-state index in [1.807, 2.05) is 6.92 Å². The van der Waals surface area contributed by atoms with E-state index < -0.39 is 15.8 Å². The van der Waals surface area contributed by atoms with Crippen molar-refractivity contribution in [2.75, 3.05) is 31.1 Å². The second kappa shape index (κ2) is 9.73. The quantitative estimate of drug-likeness (QED) is 0.661. The molecule has 1 N–H and O–H groups in total. The number of sulfone groups is 1. The number of carbonyl (C=O) groups is 2. The van der Waals surface area contributed by atoms with Gasteiger partial charge < -0.3 is 10.0 Å². The topological polar surface area (TPSA) is 95.0 Å². The number of carboxylic acids is 1. The fourth-order valence-corrected chi connectivity index (χ4v) is 5.59. The van der Waals surface area contributed by atoms with Gasteiger partial charge in [-0.2, -0.15) is 0 Å². The van der Waals surface area contributed by atoms with Crippen LogP contribution in [0.5, 0.6) is 0 Å². The number of amides is 1. The highest BCUT2D eigenvalue weighted by Gasteiger charge is 2.39. The molecule has 1 saturated heterocycles. The second-order valence-electron chi connectivity index (χ2n) is 6.90. The van der Waals surface area contributed by atoms with Crippen molar-refractivity contribution in [1.29, 1.82) is 0 Å². The van der Waals surface area contributed by atoms with Crippen molar-refractivity contribution in [1.82, 2.24) is 9.80 Å². The number of rotatable bonds is 8. The molecule has 1 heterocycles. The molecule has 146 valence electrons. The molecule has 9 heteroatoms. The summed E-state index contributed by atoms with van der Waals surface area (Å²) >= 11 is 0. The molecule has 1 atom stereocenters. The van der Waals surface area contributed by atoms with Crippen LogP contribution in [0.15, 0.2) is 0 Å². The first-order valence-electron chi connectivity index (χ1n) is 8.78. The van der Waals surface area contributed by atoms with Gasteiger partial charge in [-0.25, -0.2) is 8.42 Å². The monoisotopic (exact) mass is 396 g/mol. The van der Waals surface area contributed by atoms with Crippen molar-refractivity contribution in [2.24, 2.45) is 0 Å². The summed E-state index contributed by atoms with van der Waals surface area (Å²) in [6.45, 7) is 2.37. The molecule has 1 aliphatic carbocycles. The molecule has 2 fully saturated rings. The first-order valence-corrected chi connectivity index (χ1v) is 10.6. The standard InChI is InChI=1S/C16H28N2O5S.ClH/c1-2-8-17(11-16(20)21)10-15(19)18(13-5-3-4-6-13)14-7-9-24(22,23)12-14;/h13-14H,2-12H2,1H3,(H,20,21);1H. The Labute approximate surface area is 156 Å². The van der Waals surface area contributed by atoms with Gasteiger partial charge in [0.05, 0.1) is 24.6 Å². The van der Waals surface area contributed by atoms with Gasteiger partial charge in [0.1, 0.15) is 0 Å².